The van der Waals surface area contributed by atoms with Gasteiger partial charge in [0.1, 0.15) is 5.60 Å². The molecule has 0 aliphatic carbocycles. The summed E-state index contributed by atoms with van der Waals surface area (Å²) in [5.74, 6) is -0.129. The van der Waals surface area contributed by atoms with Gasteiger partial charge in [0, 0.05) is 25.1 Å². The zero-order valence-electron chi connectivity index (χ0n) is 11.4. The number of carbonyl (C=O) groups is 2. The first-order valence-corrected chi connectivity index (χ1v) is 6.14. The summed E-state index contributed by atoms with van der Waals surface area (Å²) in [4.78, 5) is 24.3. The fraction of sp³-hybridized carbons (Fsp3) is 0.692. The van der Waals surface area contributed by atoms with Gasteiger partial charge in [0.15, 0.2) is 0 Å². The molecule has 1 aliphatic rings. The molecule has 5 heteroatoms. The SMILES string of the molecule is CCOC(=O)/C=C/C1CN(C(=O)OC(C)(C)C)C1. The van der Waals surface area contributed by atoms with E-state index >= 15 is 0 Å². The molecule has 1 fully saturated rings. The number of carbonyl (C=O) groups excluding carboxylic acids is 2. The van der Waals surface area contributed by atoms with Crippen LogP contribution in [-0.2, 0) is 14.3 Å². The number of esters is 1. The first-order chi connectivity index (χ1) is 8.31. The van der Waals surface area contributed by atoms with Crippen molar-refractivity contribution in [3.8, 4) is 0 Å². The Morgan fingerprint density at radius 1 is 1.33 bits per heavy atom. The smallest absolute Gasteiger partial charge is 0.410 e. The predicted octanol–water partition coefficient (Wildman–Crippen LogP) is 1.97. The number of likely N-dealkylation sites (tertiary alicyclic amines) is 1. The highest BCUT2D eigenvalue weighted by molar-refractivity contribution is 5.82. The third kappa shape index (κ3) is 4.77. The largest absolute Gasteiger partial charge is 0.463 e. The van der Waals surface area contributed by atoms with Gasteiger partial charge in [0.2, 0.25) is 0 Å². The molecule has 1 heterocycles. The summed E-state index contributed by atoms with van der Waals surface area (Å²) in [7, 11) is 0. The molecule has 102 valence electrons. The molecular weight excluding hydrogens is 234 g/mol. The maximum Gasteiger partial charge on any atom is 0.410 e. The minimum absolute atomic E-state index is 0.210. The lowest BCUT2D eigenvalue weighted by Gasteiger charge is -2.38. The van der Waals surface area contributed by atoms with E-state index in [0.717, 1.165) is 0 Å². The standard InChI is InChI=1S/C13H21NO4/c1-5-17-11(15)7-6-10-8-14(9-10)12(16)18-13(2,3)4/h6-7,10H,5,8-9H2,1-4H3/b7-6+. The molecule has 18 heavy (non-hydrogen) atoms. The molecule has 1 aliphatic heterocycles. The zero-order chi connectivity index (χ0) is 13.8. The van der Waals surface area contributed by atoms with Crippen LogP contribution in [0.15, 0.2) is 12.2 Å². The van der Waals surface area contributed by atoms with Crippen LogP contribution in [0.2, 0.25) is 0 Å². The highest BCUT2D eigenvalue weighted by Gasteiger charge is 2.32. The Balaban J connectivity index is 2.28. The Hall–Kier alpha value is -1.52. The minimum atomic E-state index is -0.469. The fourth-order valence-corrected chi connectivity index (χ4v) is 1.51. The van der Waals surface area contributed by atoms with Gasteiger partial charge in [-0.15, -0.1) is 0 Å². The van der Waals surface area contributed by atoms with Gasteiger partial charge in [-0.3, -0.25) is 0 Å². The maximum atomic E-state index is 11.6. The maximum absolute atomic E-state index is 11.6. The van der Waals surface area contributed by atoms with Gasteiger partial charge in [0.25, 0.3) is 0 Å². The first kappa shape index (κ1) is 14.5. The van der Waals surface area contributed by atoms with Gasteiger partial charge in [-0.25, -0.2) is 9.59 Å². The predicted molar refractivity (Wildman–Crippen MR) is 67.1 cm³/mol. The van der Waals surface area contributed by atoms with Crippen molar-refractivity contribution in [1.82, 2.24) is 4.90 Å². The van der Waals surface area contributed by atoms with Crippen LogP contribution >= 0.6 is 0 Å². The second-order valence-corrected chi connectivity index (χ2v) is 5.26. The molecule has 0 unspecified atom stereocenters. The van der Waals surface area contributed by atoms with E-state index in [-0.39, 0.29) is 18.0 Å². The van der Waals surface area contributed by atoms with Crippen molar-refractivity contribution in [3.63, 3.8) is 0 Å². The van der Waals surface area contributed by atoms with E-state index < -0.39 is 5.60 Å². The Bertz CT molecular complexity index is 337. The Labute approximate surface area is 108 Å². The number of rotatable bonds is 3. The van der Waals surface area contributed by atoms with E-state index in [0.29, 0.717) is 19.7 Å². The van der Waals surface area contributed by atoms with Crippen LogP contribution in [0, 0.1) is 5.92 Å². The normalized spacial score (nSPS) is 16.6. The molecule has 5 nitrogen and oxygen atoms in total. The average Bonchev–Trinajstić information content (AvgIpc) is 2.12. The van der Waals surface area contributed by atoms with Crippen molar-refractivity contribution >= 4 is 12.1 Å². The monoisotopic (exact) mass is 255 g/mol. The van der Waals surface area contributed by atoms with E-state index in [2.05, 4.69) is 0 Å². The highest BCUT2D eigenvalue weighted by Crippen LogP contribution is 2.20. The molecule has 0 aromatic carbocycles. The molecule has 0 saturated carbocycles. The number of nitrogens with zero attached hydrogens (tertiary/aromatic N) is 1. The summed E-state index contributed by atoms with van der Waals surface area (Å²) in [6.45, 7) is 8.82. The van der Waals surface area contributed by atoms with Crippen molar-refractivity contribution in [2.45, 2.75) is 33.3 Å². The lowest BCUT2D eigenvalue weighted by atomic mass is 10.0. The van der Waals surface area contributed by atoms with Gasteiger partial charge in [-0.1, -0.05) is 6.08 Å². The van der Waals surface area contributed by atoms with Crippen molar-refractivity contribution < 1.29 is 19.1 Å². The molecule has 0 bridgehead atoms. The second-order valence-electron chi connectivity index (χ2n) is 5.26. The molecule has 1 amide bonds. The molecule has 0 atom stereocenters. The van der Waals surface area contributed by atoms with Crippen LogP contribution in [-0.4, -0.2) is 42.3 Å². The fourth-order valence-electron chi connectivity index (χ4n) is 1.51. The zero-order valence-corrected chi connectivity index (χ0v) is 11.4. The lowest BCUT2D eigenvalue weighted by Crippen LogP contribution is -2.50. The number of ether oxygens (including phenoxy) is 2. The van der Waals surface area contributed by atoms with Crippen molar-refractivity contribution in [1.29, 1.82) is 0 Å². The molecule has 0 spiro atoms. The number of hydrogen-bond donors (Lipinski definition) is 0. The van der Waals surface area contributed by atoms with Crippen LogP contribution < -0.4 is 0 Å². The third-order valence-corrected chi connectivity index (χ3v) is 2.35. The third-order valence-electron chi connectivity index (χ3n) is 2.35. The van der Waals surface area contributed by atoms with Crippen molar-refractivity contribution in [2.75, 3.05) is 19.7 Å². The Morgan fingerprint density at radius 3 is 2.44 bits per heavy atom. The number of hydrogen-bond acceptors (Lipinski definition) is 4. The average molecular weight is 255 g/mol. The highest BCUT2D eigenvalue weighted by atomic mass is 16.6. The molecule has 1 rings (SSSR count). The van der Waals surface area contributed by atoms with Crippen LogP contribution in [0.25, 0.3) is 0 Å². The van der Waals surface area contributed by atoms with E-state index in [1.165, 1.54) is 6.08 Å². The van der Waals surface area contributed by atoms with Crippen LogP contribution in [0.3, 0.4) is 0 Å². The molecule has 0 radical (unpaired) electrons. The lowest BCUT2D eigenvalue weighted by molar-refractivity contribution is -0.137. The Morgan fingerprint density at radius 2 is 1.94 bits per heavy atom. The van der Waals surface area contributed by atoms with Gasteiger partial charge in [-0.2, -0.15) is 0 Å². The van der Waals surface area contributed by atoms with E-state index in [4.69, 9.17) is 9.47 Å². The first-order valence-electron chi connectivity index (χ1n) is 6.14. The summed E-state index contributed by atoms with van der Waals surface area (Å²) >= 11 is 0. The van der Waals surface area contributed by atoms with Gasteiger partial charge in [0.05, 0.1) is 6.61 Å². The second kappa shape index (κ2) is 5.89. The van der Waals surface area contributed by atoms with Crippen LogP contribution in [0.4, 0.5) is 4.79 Å². The van der Waals surface area contributed by atoms with E-state index in [1.807, 2.05) is 20.8 Å². The van der Waals surface area contributed by atoms with Crippen molar-refractivity contribution in [2.24, 2.45) is 5.92 Å². The molecule has 0 aromatic heterocycles. The summed E-state index contributed by atoms with van der Waals surface area (Å²) in [5.41, 5.74) is -0.469. The van der Waals surface area contributed by atoms with Gasteiger partial charge in [-0.05, 0) is 27.7 Å². The van der Waals surface area contributed by atoms with Crippen molar-refractivity contribution in [3.05, 3.63) is 12.2 Å². The van der Waals surface area contributed by atoms with Gasteiger partial charge < -0.3 is 14.4 Å². The van der Waals surface area contributed by atoms with E-state index in [9.17, 15) is 9.59 Å². The molecular formula is C13H21NO4. The summed E-state index contributed by atoms with van der Waals surface area (Å²) in [5, 5.41) is 0. The molecule has 0 aromatic rings. The number of amides is 1. The summed E-state index contributed by atoms with van der Waals surface area (Å²) in [6, 6.07) is 0. The topological polar surface area (TPSA) is 55.8 Å². The van der Waals surface area contributed by atoms with Gasteiger partial charge >= 0.3 is 12.1 Å². The van der Waals surface area contributed by atoms with Crippen LogP contribution in [0.1, 0.15) is 27.7 Å². The summed E-state index contributed by atoms with van der Waals surface area (Å²) in [6.07, 6.45) is 2.89. The van der Waals surface area contributed by atoms with E-state index in [1.54, 1.807) is 17.9 Å². The van der Waals surface area contributed by atoms with Crippen LogP contribution in [0.5, 0.6) is 0 Å². The Kier molecular flexibility index (Phi) is 4.76. The quantitative estimate of drug-likeness (QED) is 0.571. The minimum Gasteiger partial charge on any atom is -0.463 e. The molecule has 0 N–H and O–H groups in total. The summed E-state index contributed by atoms with van der Waals surface area (Å²) < 4.78 is 10.00. The molecule has 1 saturated heterocycles.